The lowest BCUT2D eigenvalue weighted by atomic mass is 9.84. The maximum absolute atomic E-state index is 13.9. The van der Waals surface area contributed by atoms with E-state index >= 15 is 0 Å². The molecule has 64 heavy (non-hydrogen) atoms. The van der Waals surface area contributed by atoms with Crippen LogP contribution in [0.2, 0.25) is 35.2 Å². The molecule has 0 saturated heterocycles. The minimum absolute atomic E-state index is 0.236. The largest absolute Gasteiger partial charge is 0.416 e. The maximum atomic E-state index is 13.9. The lowest BCUT2D eigenvalue weighted by molar-refractivity contribution is -0.137. The molecule has 4 nitrogen and oxygen atoms in total. The van der Waals surface area contributed by atoms with Crippen molar-refractivity contribution in [2.75, 3.05) is 21.3 Å². The van der Waals surface area contributed by atoms with Gasteiger partial charge in [0.25, 0.3) is 0 Å². The van der Waals surface area contributed by atoms with Gasteiger partial charge in [0, 0.05) is 61.3 Å². The van der Waals surface area contributed by atoms with Gasteiger partial charge in [0.2, 0.25) is 0 Å². The number of nitrogens with one attached hydrogen (secondary N) is 4. The Hall–Kier alpha value is -5.22. The van der Waals surface area contributed by atoms with Gasteiger partial charge < -0.3 is 21.3 Å². The van der Waals surface area contributed by atoms with Gasteiger partial charge in [-0.05, 0) is 103 Å². The second-order valence-corrected chi connectivity index (χ2v) is 17.4. The zero-order valence-corrected chi connectivity index (χ0v) is 38.5. The van der Waals surface area contributed by atoms with Crippen LogP contribution in [0.3, 0.4) is 0 Å². The van der Waals surface area contributed by atoms with Crippen LogP contribution in [0.4, 0.5) is 58.7 Å². The number of anilines is 8. The van der Waals surface area contributed by atoms with Crippen molar-refractivity contribution in [2.24, 2.45) is 0 Å². The van der Waals surface area contributed by atoms with Gasteiger partial charge in [-0.3, -0.25) is 0 Å². The normalized spacial score (nSPS) is 11.4. The molecule has 8 aromatic carbocycles. The number of hydrogen-bond acceptors (Lipinski definition) is 4. The molecule has 0 amide bonds. The number of aryl methyl sites for hydroxylation is 1. The Kier molecular flexibility index (Phi) is 13.5. The number of benzene rings is 8. The van der Waals surface area contributed by atoms with Crippen LogP contribution in [0.15, 0.2) is 152 Å². The Labute approximate surface area is 402 Å². The number of halogens is 10. The number of rotatable bonds is 11. The Balaban J connectivity index is 1.47. The predicted molar refractivity (Wildman–Crippen MR) is 266 cm³/mol. The van der Waals surface area contributed by atoms with Crippen LogP contribution in [-0.4, -0.2) is 0 Å². The van der Waals surface area contributed by atoms with Crippen molar-refractivity contribution in [3.05, 3.63) is 198 Å². The fourth-order valence-corrected chi connectivity index (χ4v) is 8.92. The van der Waals surface area contributed by atoms with E-state index in [0.717, 1.165) is 17.7 Å². The van der Waals surface area contributed by atoms with E-state index in [2.05, 4.69) is 21.3 Å². The highest BCUT2D eigenvalue weighted by Crippen LogP contribution is 2.53. The van der Waals surface area contributed by atoms with Gasteiger partial charge in [0.1, 0.15) is 0 Å². The molecule has 0 heterocycles. The molecule has 0 radical (unpaired) electrons. The molecule has 14 heteroatoms. The summed E-state index contributed by atoms with van der Waals surface area (Å²) in [5.74, 6) is 0. The third-order valence-corrected chi connectivity index (χ3v) is 12.6. The molecule has 0 saturated carbocycles. The fraction of sp³-hybridized carbons (Fsp3) is 0.0400. The van der Waals surface area contributed by atoms with Gasteiger partial charge in [0.05, 0.1) is 52.8 Å². The van der Waals surface area contributed by atoms with Crippen molar-refractivity contribution in [3.8, 4) is 33.4 Å². The first-order chi connectivity index (χ1) is 30.7. The van der Waals surface area contributed by atoms with Crippen LogP contribution in [0.5, 0.6) is 0 Å². The van der Waals surface area contributed by atoms with E-state index in [1.165, 1.54) is 6.07 Å². The van der Waals surface area contributed by atoms with Crippen molar-refractivity contribution in [1.82, 2.24) is 0 Å². The van der Waals surface area contributed by atoms with Gasteiger partial charge >= 0.3 is 6.18 Å². The molecule has 0 spiro atoms. The van der Waals surface area contributed by atoms with E-state index < -0.39 is 11.7 Å². The highest BCUT2D eigenvalue weighted by molar-refractivity contribution is 6.41. The monoisotopic (exact) mass is 990 g/mol. The van der Waals surface area contributed by atoms with Crippen LogP contribution in [0.1, 0.15) is 11.1 Å². The summed E-state index contributed by atoms with van der Waals surface area (Å²) < 4.78 is 41.8. The first-order valence-corrected chi connectivity index (χ1v) is 22.1. The molecule has 0 aromatic heterocycles. The van der Waals surface area contributed by atoms with E-state index in [1.807, 2.05) is 73.7 Å². The molecular weight excluding hydrogens is 962 g/mol. The van der Waals surface area contributed by atoms with Crippen LogP contribution in [-0.2, 0) is 6.18 Å². The molecular formula is C50H32Cl7F3N4. The highest BCUT2D eigenvalue weighted by atomic mass is 35.5. The Morgan fingerprint density at radius 2 is 0.906 bits per heavy atom. The van der Waals surface area contributed by atoms with E-state index in [-0.39, 0.29) is 5.69 Å². The molecule has 4 N–H and O–H groups in total. The summed E-state index contributed by atoms with van der Waals surface area (Å²) >= 11 is 47.8. The smallest absolute Gasteiger partial charge is 0.355 e. The molecule has 0 fully saturated rings. The summed E-state index contributed by atoms with van der Waals surface area (Å²) in [6.07, 6.45) is -4.55. The molecule has 0 aliphatic rings. The van der Waals surface area contributed by atoms with Gasteiger partial charge in [-0.25, -0.2) is 0 Å². The van der Waals surface area contributed by atoms with Gasteiger partial charge in [0.15, 0.2) is 0 Å². The van der Waals surface area contributed by atoms with E-state index in [9.17, 15) is 13.2 Å². The SMILES string of the molecule is Cc1ccc(Cl)c(Nc2ccccc2-c2c(-c3ccccc3Nc3cccc(C(F)(F)F)c3)ccc(Nc3c(Cl)cccc3Cl)c2-c2cc(Cl)ccc2Nc2c(Cl)cccc2Cl)c1Cl. The van der Waals surface area contributed by atoms with Crippen molar-refractivity contribution in [2.45, 2.75) is 13.1 Å². The van der Waals surface area contributed by atoms with Crippen molar-refractivity contribution < 1.29 is 13.2 Å². The second kappa shape index (κ2) is 19.1. The van der Waals surface area contributed by atoms with E-state index in [4.69, 9.17) is 81.2 Å². The Morgan fingerprint density at radius 1 is 0.391 bits per heavy atom. The van der Waals surface area contributed by atoms with Crippen LogP contribution >= 0.6 is 81.2 Å². The average Bonchev–Trinajstić information content (AvgIpc) is 3.27. The average molecular weight is 994 g/mol. The lowest BCUT2D eigenvalue weighted by Crippen LogP contribution is -2.05. The molecule has 0 unspecified atom stereocenters. The van der Waals surface area contributed by atoms with Crippen molar-refractivity contribution >= 4 is 127 Å². The summed E-state index contributed by atoms with van der Waals surface area (Å²) in [5, 5.41) is 16.5. The number of hydrogen-bond donors (Lipinski definition) is 4. The van der Waals surface area contributed by atoms with Gasteiger partial charge in [-0.2, -0.15) is 13.2 Å². The fourth-order valence-electron chi connectivity index (χ4n) is 7.30. The summed E-state index contributed by atoms with van der Waals surface area (Å²) in [6.45, 7) is 1.88. The minimum atomic E-state index is -4.55. The Morgan fingerprint density at radius 3 is 1.55 bits per heavy atom. The molecule has 322 valence electrons. The van der Waals surface area contributed by atoms with Gasteiger partial charge in [-0.15, -0.1) is 0 Å². The van der Waals surface area contributed by atoms with Crippen molar-refractivity contribution in [3.63, 3.8) is 0 Å². The molecule has 0 atom stereocenters. The summed E-state index contributed by atoms with van der Waals surface area (Å²) in [7, 11) is 0. The first-order valence-electron chi connectivity index (χ1n) is 19.4. The summed E-state index contributed by atoms with van der Waals surface area (Å²) in [4.78, 5) is 0. The highest BCUT2D eigenvalue weighted by Gasteiger charge is 2.31. The molecule has 0 aliphatic carbocycles. The van der Waals surface area contributed by atoms with Crippen molar-refractivity contribution in [1.29, 1.82) is 0 Å². The maximum Gasteiger partial charge on any atom is 0.416 e. The quantitative estimate of drug-likeness (QED) is 0.104. The molecule has 0 aliphatic heterocycles. The number of alkyl halides is 3. The minimum Gasteiger partial charge on any atom is -0.355 e. The van der Waals surface area contributed by atoms with Crippen LogP contribution in [0.25, 0.3) is 33.4 Å². The third kappa shape index (κ3) is 9.58. The predicted octanol–water partition coefficient (Wildman–Crippen LogP) is 19.6. The third-order valence-electron chi connectivity index (χ3n) is 10.3. The molecule has 8 rings (SSSR count). The van der Waals surface area contributed by atoms with Gasteiger partial charge in [-0.1, -0.05) is 148 Å². The van der Waals surface area contributed by atoms with Crippen LogP contribution in [0, 0.1) is 6.92 Å². The lowest BCUT2D eigenvalue weighted by Gasteiger charge is -2.26. The Bertz CT molecular complexity index is 3030. The van der Waals surface area contributed by atoms with Crippen LogP contribution < -0.4 is 21.3 Å². The zero-order valence-electron chi connectivity index (χ0n) is 33.2. The standard InChI is InChI=1S/C50H32Cl7F3N4/c1-27-19-22-39(56)49(46(27)57)63-41-18-5-3-12-33(41)44-32(31-11-2-4-17-40(31)61-30-10-6-9-28(25-30)50(58,59)60)21-24-43(64-48-37(54)15-8-16-38(48)55)45(44)34-26-29(51)20-23-42(34)62-47-35(52)13-7-14-36(47)53/h2-26,61-64H,1H3. The molecule has 8 aromatic rings. The van der Waals surface area contributed by atoms with E-state index in [0.29, 0.717) is 108 Å². The summed E-state index contributed by atoms with van der Waals surface area (Å²) in [5.41, 5.74) is 7.70. The van der Waals surface area contributed by atoms with E-state index in [1.54, 1.807) is 66.7 Å². The number of para-hydroxylation sites is 4. The molecule has 0 bridgehead atoms. The summed E-state index contributed by atoms with van der Waals surface area (Å²) in [6, 6.07) is 43.2. The second-order valence-electron chi connectivity index (χ2n) is 14.5. The zero-order chi connectivity index (χ0) is 45.3. The first kappa shape index (κ1) is 45.4. The topological polar surface area (TPSA) is 48.1 Å².